The SMILES string of the molecule is CC(C)=CCCC(C)CN1CCN(Cc2ncccc2C)CC1. The lowest BCUT2D eigenvalue weighted by molar-refractivity contribution is 0.113. The Kier molecular flexibility index (Phi) is 7.25. The van der Waals surface area contributed by atoms with Gasteiger partial charge >= 0.3 is 0 Å². The number of hydrogen-bond acceptors (Lipinski definition) is 3. The second kappa shape index (κ2) is 9.19. The molecule has 128 valence electrons. The minimum atomic E-state index is 0.787. The van der Waals surface area contributed by atoms with Crippen LogP contribution in [0.25, 0.3) is 0 Å². The Labute approximate surface area is 142 Å². The molecule has 0 spiro atoms. The Morgan fingerprint density at radius 3 is 2.57 bits per heavy atom. The van der Waals surface area contributed by atoms with E-state index in [1.54, 1.807) is 0 Å². The molecule has 0 radical (unpaired) electrons. The first-order valence-corrected chi connectivity index (χ1v) is 9.03. The summed E-state index contributed by atoms with van der Waals surface area (Å²) in [5.41, 5.74) is 3.98. The largest absolute Gasteiger partial charge is 0.301 e. The van der Waals surface area contributed by atoms with E-state index in [4.69, 9.17) is 0 Å². The number of aryl methyl sites for hydroxylation is 1. The van der Waals surface area contributed by atoms with Gasteiger partial charge in [-0.05, 0) is 51.2 Å². The van der Waals surface area contributed by atoms with E-state index in [0.717, 1.165) is 25.6 Å². The Morgan fingerprint density at radius 1 is 1.22 bits per heavy atom. The van der Waals surface area contributed by atoms with Crippen LogP contribution in [0.2, 0.25) is 0 Å². The monoisotopic (exact) mass is 315 g/mol. The van der Waals surface area contributed by atoms with Crippen LogP contribution in [-0.4, -0.2) is 47.5 Å². The summed E-state index contributed by atoms with van der Waals surface area (Å²) in [6.45, 7) is 15.9. The minimum Gasteiger partial charge on any atom is -0.301 e. The fourth-order valence-corrected chi connectivity index (χ4v) is 3.21. The molecule has 1 aromatic heterocycles. The van der Waals surface area contributed by atoms with Gasteiger partial charge in [0.05, 0.1) is 5.69 Å². The molecule has 3 heteroatoms. The molecule has 0 N–H and O–H groups in total. The summed E-state index contributed by atoms with van der Waals surface area (Å²) in [5, 5.41) is 0. The maximum atomic E-state index is 4.53. The van der Waals surface area contributed by atoms with Crippen LogP contribution < -0.4 is 0 Å². The summed E-state index contributed by atoms with van der Waals surface area (Å²) in [5.74, 6) is 0.787. The zero-order valence-electron chi connectivity index (χ0n) is 15.4. The maximum Gasteiger partial charge on any atom is 0.0573 e. The fourth-order valence-electron chi connectivity index (χ4n) is 3.21. The third-order valence-electron chi connectivity index (χ3n) is 4.74. The van der Waals surface area contributed by atoms with E-state index in [2.05, 4.69) is 54.6 Å². The second-order valence-corrected chi connectivity index (χ2v) is 7.31. The lowest BCUT2D eigenvalue weighted by Crippen LogP contribution is -2.47. The number of hydrogen-bond donors (Lipinski definition) is 0. The van der Waals surface area contributed by atoms with E-state index in [1.165, 1.54) is 49.3 Å². The molecule has 0 bridgehead atoms. The van der Waals surface area contributed by atoms with E-state index >= 15 is 0 Å². The van der Waals surface area contributed by atoms with Gasteiger partial charge in [0.1, 0.15) is 0 Å². The maximum absolute atomic E-state index is 4.53. The quantitative estimate of drug-likeness (QED) is 0.712. The predicted molar refractivity (Wildman–Crippen MR) is 98.5 cm³/mol. The first-order valence-electron chi connectivity index (χ1n) is 9.03. The zero-order chi connectivity index (χ0) is 16.7. The average molecular weight is 316 g/mol. The van der Waals surface area contributed by atoms with E-state index in [1.807, 2.05) is 12.3 Å². The Hall–Kier alpha value is -1.19. The van der Waals surface area contributed by atoms with Crippen molar-refractivity contribution in [3.05, 3.63) is 41.2 Å². The van der Waals surface area contributed by atoms with E-state index in [9.17, 15) is 0 Å². The molecule has 2 heterocycles. The summed E-state index contributed by atoms with van der Waals surface area (Å²) >= 11 is 0. The molecule has 0 amide bonds. The van der Waals surface area contributed by atoms with Crippen LogP contribution in [0.5, 0.6) is 0 Å². The lowest BCUT2D eigenvalue weighted by atomic mass is 10.0. The molecule has 3 nitrogen and oxygen atoms in total. The van der Waals surface area contributed by atoms with Crippen molar-refractivity contribution in [3.63, 3.8) is 0 Å². The number of pyridine rings is 1. The van der Waals surface area contributed by atoms with Gasteiger partial charge in [0.2, 0.25) is 0 Å². The molecule has 23 heavy (non-hydrogen) atoms. The van der Waals surface area contributed by atoms with Crippen LogP contribution >= 0.6 is 0 Å². The highest BCUT2D eigenvalue weighted by atomic mass is 15.3. The highest BCUT2D eigenvalue weighted by Gasteiger charge is 2.19. The summed E-state index contributed by atoms with van der Waals surface area (Å²) in [4.78, 5) is 9.70. The fraction of sp³-hybridized carbons (Fsp3) is 0.650. The van der Waals surface area contributed by atoms with Gasteiger partial charge in [0.15, 0.2) is 0 Å². The average Bonchev–Trinajstić information content (AvgIpc) is 2.51. The van der Waals surface area contributed by atoms with Crippen LogP contribution in [0.15, 0.2) is 30.0 Å². The third kappa shape index (κ3) is 6.44. The van der Waals surface area contributed by atoms with Gasteiger partial charge in [-0.3, -0.25) is 9.88 Å². The zero-order valence-corrected chi connectivity index (χ0v) is 15.4. The number of aromatic nitrogens is 1. The summed E-state index contributed by atoms with van der Waals surface area (Å²) in [6, 6.07) is 4.18. The van der Waals surface area contributed by atoms with Crippen LogP contribution in [0.1, 0.15) is 44.9 Å². The number of piperazine rings is 1. The molecular formula is C20H33N3. The Bertz CT molecular complexity index is 497. The standard InChI is InChI=1S/C20H33N3/c1-17(2)7-5-8-18(3)15-22-11-13-23(14-12-22)16-20-19(4)9-6-10-21-20/h6-7,9-10,18H,5,8,11-16H2,1-4H3. The highest BCUT2D eigenvalue weighted by molar-refractivity contribution is 5.17. The van der Waals surface area contributed by atoms with Crippen LogP contribution in [0.4, 0.5) is 0 Å². The van der Waals surface area contributed by atoms with Gasteiger partial charge in [0.25, 0.3) is 0 Å². The van der Waals surface area contributed by atoms with Crippen molar-refractivity contribution in [2.45, 2.75) is 47.1 Å². The summed E-state index contributed by atoms with van der Waals surface area (Å²) in [7, 11) is 0. The number of rotatable bonds is 7. The third-order valence-corrected chi connectivity index (χ3v) is 4.74. The van der Waals surface area contributed by atoms with Crippen LogP contribution in [0.3, 0.4) is 0 Å². The van der Waals surface area contributed by atoms with E-state index in [-0.39, 0.29) is 0 Å². The first-order chi connectivity index (χ1) is 11.0. The van der Waals surface area contributed by atoms with Crippen LogP contribution in [-0.2, 0) is 6.54 Å². The van der Waals surface area contributed by atoms with Crippen molar-refractivity contribution in [2.75, 3.05) is 32.7 Å². The molecule has 0 saturated carbocycles. The highest BCUT2D eigenvalue weighted by Crippen LogP contribution is 2.14. The number of allylic oxidation sites excluding steroid dienone is 2. The summed E-state index contributed by atoms with van der Waals surface area (Å²) in [6.07, 6.45) is 6.80. The van der Waals surface area contributed by atoms with Gasteiger partial charge < -0.3 is 4.90 Å². The molecular weight excluding hydrogens is 282 g/mol. The molecule has 0 aromatic carbocycles. The van der Waals surface area contributed by atoms with E-state index < -0.39 is 0 Å². The normalized spacial score (nSPS) is 17.9. The molecule has 1 fully saturated rings. The van der Waals surface area contributed by atoms with Gasteiger partial charge in [-0.25, -0.2) is 0 Å². The number of nitrogens with zero attached hydrogens (tertiary/aromatic N) is 3. The van der Waals surface area contributed by atoms with Gasteiger partial charge in [-0.15, -0.1) is 0 Å². The Balaban J connectivity index is 1.69. The van der Waals surface area contributed by atoms with Crippen molar-refractivity contribution >= 4 is 0 Å². The van der Waals surface area contributed by atoms with Crippen molar-refractivity contribution in [2.24, 2.45) is 5.92 Å². The van der Waals surface area contributed by atoms with Gasteiger partial charge in [-0.1, -0.05) is 24.6 Å². The van der Waals surface area contributed by atoms with E-state index in [0.29, 0.717) is 0 Å². The van der Waals surface area contributed by atoms with Crippen molar-refractivity contribution in [1.82, 2.24) is 14.8 Å². The molecule has 1 aliphatic heterocycles. The topological polar surface area (TPSA) is 19.4 Å². The van der Waals surface area contributed by atoms with Crippen molar-refractivity contribution in [3.8, 4) is 0 Å². The lowest BCUT2D eigenvalue weighted by Gasteiger charge is -2.36. The molecule has 1 saturated heterocycles. The molecule has 1 unspecified atom stereocenters. The molecule has 1 atom stereocenters. The minimum absolute atomic E-state index is 0.787. The molecule has 1 aliphatic rings. The Morgan fingerprint density at radius 2 is 1.91 bits per heavy atom. The summed E-state index contributed by atoms with van der Waals surface area (Å²) < 4.78 is 0. The molecule has 2 rings (SSSR count). The van der Waals surface area contributed by atoms with Crippen molar-refractivity contribution in [1.29, 1.82) is 0 Å². The first kappa shape index (κ1) is 18.2. The van der Waals surface area contributed by atoms with Crippen LogP contribution in [0, 0.1) is 12.8 Å². The smallest absolute Gasteiger partial charge is 0.0573 e. The predicted octanol–water partition coefficient (Wildman–Crippen LogP) is 3.89. The molecule has 0 aliphatic carbocycles. The van der Waals surface area contributed by atoms with Gasteiger partial charge in [-0.2, -0.15) is 0 Å². The second-order valence-electron chi connectivity index (χ2n) is 7.31. The van der Waals surface area contributed by atoms with Gasteiger partial charge in [0, 0.05) is 45.5 Å². The molecule has 1 aromatic rings. The van der Waals surface area contributed by atoms with Crippen molar-refractivity contribution < 1.29 is 0 Å².